The van der Waals surface area contributed by atoms with Crippen LogP contribution in [0, 0.1) is 11.7 Å². The third kappa shape index (κ3) is 3.43. The Kier molecular flexibility index (Phi) is 4.45. The summed E-state index contributed by atoms with van der Waals surface area (Å²) >= 11 is 9.52. The summed E-state index contributed by atoms with van der Waals surface area (Å²) in [5.41, 5.74) is 0.865. The van der Waals surface area contributed by atoms with E-state index in [1.54, 1.807) is 6.07 Å². The maximum atomic E-state index is 13.3. The number of rotatable bonds is 4. The normalized spacial score (nSPS) is 23.8. The second-order valence-corrected chi connectivity index (χ2v) is 6.52. The van der Waals surface area contributed by atoms with Crippen molar-refractivity contribution >= 4 is 27.5 Å². The summed E-state index contributed by atoms with van der Waals surface area (Å²) in [5.74, 6) is 0.429. The number of nitrogens with zero attached hydrogens (tertiary/aromatic N) is 1. The van der Waals surface area contributed by atoms with Gasteiger partial charge in [0.25, 0.3) is 0 Å². The van der Waals surface area contributed by atoms with E-state index in [1.165, 1.54) is 18.9 Å². The maximum Gasteiger partial charge on any atom is 0.142 e. The highest BCUT2D eigenvalue weighted by atomic mass is 79.9. The van der Waals surface area contributed by atoms with Crippen molar-refractivity contribution in [2.75, 3.05) is 13.6 Å². The van der Waals surface area contributed by atoms with Crippen LogP contribution in [-0.2, 0) is 6.54 Å². The Morgan fingerprint density at radius 1 is 1.47 bits per heavy atom. The van der Waals surface area contributed by atoms with Gasteiger partial charge in [-0.15, -0.1) is 0 Å². The molecule has 1 fully saturated rings. The van der Waals surface area contributed by atoms with Gasteiger partial charge in [0.15, 0.2) is 0 Å². The minimum Gasteiger partial charge on any atom is -0.302 e. The Bertz CT molecular complexity index is 393. The maximum absolute atomic E-state index is 13.3. The zero-order valence-corrected chi connectivity index (χ0v) is 12.1. The molecule has 0 amide bonds. The van der Waals surface area contributed by atoms with Crippen molar-refractivity contribution in [1.29, 1.82) is 0 Å². The standard InChI is InChI=1S/C13H16BrClFN/c1-17(7-9-5-11(14)6-9)8-10-3-2-4-12(16)13(10)15/h2-4,9,11H,5-8H2,1H3. The molecule has 1 aliphatic rings. The average Bonchev–Trinajstić information content (AvgIpc) is 2.23. The quantitative estimate of drug-likeness (QED) is 0.756. The molecule has 94 valence electrons. The smallest absolute Gasteiger partial charge is 0.142 e. The Balaban J connectivity index is 1.89. The average molecular weight is 321 g/mol. The molecule has 0 aromatic heterocycles. The van der Waals surface area contributed by atoms with Gasteiger partial charge in [0.2, 0.25) is 0 Å². The van der Waals surface area contributed by atoms with Gasteiger partial charge in [0, 0.05) is 17.9 Å². The summed E-state index contributed by atoms with van der Waals surface area (Å²) in [7, 11) is 2.06. The van der Waals surface area contributed by atoms with E-state index in [2.05, 4.69) is 27.9 Å². The van der Waals surface area contributed by atoms with Crippen molar-refractivity contribution < 1.29 is 4.39 Å². The van der Waals surface area contributed by atoms with Gasteiger partial charge in [0.05, 0.1) is 5.02 Å². The van der Waals surface area contributed by atoms with E-state index >= 15 is 0 Å². The predicted molar refractivity (Wildman–Crippen MR) is 73.2 cm³/mol. The summed E-state index contributed by atoms with van der Waals surface area (Å²) in [6.45, 7) is 1.76. The van der Waals surface area contributed by atoms with Crippen LogP contribution < -0.4 is 0 Å². The molecule has 0 bridgehead atoms. The van der Waals surface area contributed by atoms with Crippen LogP contribution in [0.15, 0.2) is 18.2 Å². The van der Waals surface area contributed by atoms with Crippen molar-refractivity contribution in [2.24, 2.45) is 5.92 Å². The molecular weight excluding hydrogens is 305 g/mol. The van der Waals surface area contributed by atoms with Crippen molar-refractivity contribution in [3.8, 4) is 0 Å². The lowest BCUT2D eigenvalue weighted by atomic mass is 9.85. The molecule has 1 aromatic rings. The summed E-state index contributed by atoms with van der Waals surface area (Å²) in [4.78, 5) is 2.91. The first-order valence-electron chi connectivity index (χ1n) is 5.81. The van der Waals surface area contributed by atoms with E-state index in [1.807, 2.05) is 6.07 Å². The van der Waals surface area contributed by atoms with Gasteiger partial charge in [-0.3, -0.25) is 0 Å². The lowest BCUT2D eigenvalue weighted by Crippen LogP contribution is -2.34. The van der Waals surface area contributed by atoms with E-state index in [4.69, 9.17) is 11.6 Å². The molecule has 0 radical (unpaired) electrons. The number of benzene rings is 1. The Labute approximate surface area is 115 Å². The second-order valence-electron chi connectivity index (χ2n) is 4.84. The molecule has 0 spiro atoms. The highest BCUT2D eigenvalue weighted by Gasteiger charge is 2.27. The Morgan fingerprint density at radius 3 is 2.82 bits per heavy atom. The first kappa shape index (κ1) is 13.3. The van der Waals surface area contributed by atoms with Crippen LogP contribution in [0.1, 0.15) is 18.4 Å². The van der Waals surface area contributed by atoms with Crippen molar-refractivity contribution in [3.05, 3.63) is 34.6 Å². The molecule has 1 nitrogen and oxygen atoms in total. The Morgan fingerprint density at radius 2 is 2.18 bits per heavy atom. The van der Waals surface area contributed by atoms with Crippen LogP contribution in [0.25, 0.3) is 0 Å². The molecule has 0 aliphatic heterocycles. The fourth-order valence-corrected chi connectivity index (χ4v) is 3.51. The number of hydrogen-bond donors (Lipinski definition) is 0. The third-order valence-electron chi connectivity index (χ3n) is 3.22. The zero-order valence-electron chi connectivity index (χ0n) is 9.80. The minimum absolute atomic E-state index is 0.256. The van der Waals surface area contributed by atoms with Crippen molar-refractivity contribution in [2.45, 2.75) is 24.2 Å². The minimum atomic E-state index is -0.332. The van der Waals surface area contributed by atoms with E-state index < -0.39 is 0 Å². The van der Waals surface area contributed by atoms with Crippen LogP contribution in [0.4, 0.5) is 4.39 Å². The highest BCUT2D eigenvalue weighted by molar-refractivity contribution is 9.09. The predicted octanol–water partition coefficient (Wildman–Crippen LogP) is 4.08. The largest absolute Gasteiger partial charge is 0.302 e. The van der Waals surface area contributed by atoms with Gasteiger partial charge in [-0.1, -0.05) is 39.7 Å². The highest BCUT2D eigenvalue weighted by Crippen LogP contribution is 2.34. The van der Waals surface area contributed by atoms with E-state index in [-0.39, 0.29) is 10.8 Å². The number of alkyl halides is 1. The summed E-state index contributed by atoms with van der Waals surface area (Å²) in [5, 5.41) is 0.256. The molecular formula is C13H16BrClFN. The molecule has 0 N–H and O–H groups in total. The van der Waals surface area contributed by atoms with Crippen molar-refractivity contribution in [1.82, 2.24) is 4.90 Å². The molecule has 1 aromatic carbocycles. The molecule has 0 unspecified atom stereocenters. The molecule has 17 heavy (non-hydrogen) atoms. The molecule has 4 heteroatoms. The summed E-state index contributed by atoms with van der Waals surface area (Å²) < 4.78 is 13.3. The third-order valence-corrected chi connectivity index (χ3v) is 4.39. The lowest BCUT2D eigenvalue weighted by Gasteiger charge is -2.34. The lowest BCUT2D eigenvalue weighted by molar-refractivity contribution is 0.208. The van der Waals surface area contributed by atoms with Gasteiger partial charge >= 0.3 is 0 Å². The second kappa shape index (κ2) is 5.68. The van der Waals surface area contributed by atoms with Gasteiger partial charge < -0.3 is 4.90 Å². The van der Waals surface area contributed by atoms with Crippen LogP contribution >= 0.6 is 27.5 Å². The van der Waals surface area contributed by atoms with Gasteiger partial charge in [0.1, 0.15) is 5.82 Å². The SMILES string of the molecule is CN(Cc1cccc(F)c1Cl)CC1CC(Br)C1. The first-order chi connectivity index (χ1) is 8.06. The van der Waals surface area contributed by atoms with Gasteiger partial charge in [-0.2, -0.15) is 0 Å². The van der Waals surface area contributed by atoms with Crippen LogP contribution in [0.5, 0.6) is 0 Å². The summed E-state index contributed by atoms with van der Waals surface area (Å²) in [6, 6.07) is 4.99. The summed E-state index contributed by atoms with van der Waals surface area (Å²) in [6.07, 6.45) is 2.47. The molecule has 0 saturated heterocycles. The molecule has 0 heterocycles. The van der Waals surface area contributed by atoms with Crippen molar-refractivity contribution in [3.63, 3.8) is 0 Å². The van der Waals surface area contributed by atoms with Crippen LogP contribution in [0.3, 0.4) is 0 Å². The van der Waals surface area contributed by atoms with Gasteiger partial charge in [-0.25, -0.2) is 4.39 Å². The molecule has 0 atom stereocenters. The fraction of sp³-hybridized carbons (Fsp3) is 0.538. The van der Waals surface area contributed by atoms with E-state index in [0.29, 0.717) is 11.4 Å². The number of hydrogen-bond acceptors (Lipinski definition) is 1. The molecule has 1 saturated carbocycles. The van der Waals surface area contributed by atoms with E-state index in [9.17, 15) is 4.39 Å². The number of halogens is 3. The fourth-order valence-electron chi connectivity index (χ4n) is 2.27. The topological polar surface area (TPSA) is 3.24 Å². The molecule has 1 aliphatic carbocycles. The molecule has 2 rings (SSSR count). The van der Waals surface area contributed by atoms with E-state index in [0.717, 1.165) is 18.0 Å². The van der Waals surface area contributed by atoms with Crippen LogP contribution in [0.2, 0.25) is 5.02 Å². The Hall–Kier alpha value is -0.120. The van der Waals surface area contributed by atoms with Crippen LogP contribution in [-0.4, -0.2) is 23.3 Å². The first-order valence-corrected chi connectivity index (χ1v) is 7.11. The van der Waals surface area contributed by atoms with Gasteiger partial charge in [-0.05, 0) is 37.4 Å². The zero-order chi connectivity index (χ0) is 12.4. The monoisotopic (exact) mass is 319 g/mol.